The third kappa shape index (κ3) is 3.52. The van der Waals surface area contributed by atoms with Crippen molar-refractivity contribution >= 4 is 11.7 Å². The molecule has 0 aliphatic carbocycles. The van der Waals surface area contributed by atoms with Gasteiger partial charge in [-0.3, -0.25) is 4.79 Å². The van der Waals surface area contributed by atoms with Crippen LogP contribution in [0.15, 0.2) is 30.6 Å². The van der Waals surface area contributed by atoms with E-state index < -0.39 is 0 Å². The van der Waals surface area contributed by atoms with Gasteiger partial charge in [-0.25, -0.2) is 9.97 Å². The van der Waals surface area contributed by atoms with Crippen molar-refractivity contribution in [3.63, 3.8) is 0 Å². The number of aromatic nitrogens is 3. The van der Waals surface area contributed by atoms with Crippen molar-refractivity contribution in [2.45, 2.75) is 45.2 Å². The molecule has 122 valence electrons. The summed E-state index contributed by atoms with van der Waals surface area (Å²) in [6.07, 6.45) is 8.00. The van der Waals surface area contributed by atoms with Gasteiger partial charge in [0.25, 0.3) is 5.91 Å². The summed E-state index contributed by atoms with van der Waals surface area (Å²) >= 11 is 0. The van der Waals surface area contributed by atoms with E-state index in [9.17, 15) is 4.79 Å². The van der Waals surface area contributed by atoms with Gasteiger partial charge in [-0.15, -0.1) is 0 Å². The second kappa shape index (κ2) is 6.81. The number of nitrogen functional groups attached to an aromatic ring is 1. The second-order valence-corrected chi connectivity index (χ2v) is 6.05. The molecule has 1 saturated heterocycles. The number of pyridine rings is 1. The van der Waals surface area contributed by atoms with Crippen molar-refractivity contribution in [3.8, 4) is 0 Å². The first kappa shape index (κ1) is 15.5. The SMILES string of the molecule is Cc1nccn1CC[C@@H]1CCCCN1C(=O)c1cccc(N)n1. The fourth-order valence-corrected chi connectivity index (χ4v) is 3.21. The average molecular weight is 313 g/mol. The molecule has 2 N–H and O–H groups in total. The number of hydrogen-bond acceptors (Lipinski definition) is 4. The highest BCUT2D eigenvalue weighted by Crippen LogP contribution is 2.22. The van der Waals surface area contributed by atoms with Crippen LogP contribution in [-0.2, 0) is 6.54 Å². The van der Waals surface area contributed by atoms with Gasteiger partial charge in [-0.2, -0.15) is 0 Å². The van der Waals surface area contributed by atoms with Gasteiger partial charge in [0.15, 0.2) is 0 Å². The molecular weight excluding hydrogens is 290 g/mol. The van der Waals surface area contributed by atoms with Crippen molar-refractivity contribution in [1.29, 1.82) is 0 Å². The maximum atomic E-state index is 12.8. The summed E-state index contributed by atoms with van der Waals surface area (Å²) in [6, 6.07) is 5.47. The number of hydrogen-bond donors (Lipinski definition) is 1. The van der Waals surface area contributed by atoms with Crippen molar-refractivity contribution < 1.29 is 4.79 Å². The third-order valence-electron chi connectivity index (χ3n) is 4.50. The fraction of sp³-hybridized carbons (Fsp3) is 0.471. The molecule has 1 atom stereocenters. The Bertz CT molecular complexity index is 681. The minimum absolute atomic E-state index is 0.00986. The minimum Gasteiger partial charge on any atom is -0.384 e. The molecule has 1 aliphatic rings. The summed E-state index contributed by atoms with van der Waals surface area (Å²) in [5.74, 6) is 1.39. The van der Waals surface area contributed by atoms with Gasteiger partial charge < -0.3 is 15.2 Å². The molecule has 0 radical (unpaired) electrons. The van der Waals surface area contributed by atoms with Crippen LogP contribution in [0.4, 0.5) is 5.82 Å². The number of aryl methyl sites for hydroxylation is 2. The number of anilines is 1. The van der Waals surface area contributed by atoms with Crippen LogP contribution in [-0.4, -0.2) is 37.9 Å². The van der Waals surface area contributed by atoms with Gasteiger partial charge in [0.1, 0.15) is 17.3 Å². The molecule has 2 aromatic heterocycles. The summed E-state index contributed by atoms with van der Waals surface area (Å²) in [5.41, 5.74) is 6.15. The molecule has 0 saturated carbocycles. The standard InChI is InChI=1S/C17H23N5O/c1-13-19-9-12-21(13)11-8-14-5-2-3-10-22(14)17(23)15-6-4-7-16(18)20-15/h4,6-7,9,12,14H,2-3,5,8,10-11H2,1H3,(H2,18,20)/t14-/m0/s1. The number of amides is 1. The molecule has 0 aromatic carbocycles. The largest absolute Gasteiger partial charge is 0.384 e. The molecule has 0 unspecified atom stereocenters. The monoisotopic (exact) mass is 313 g/mol. The first-order valence-corrected chi connectivity index (χ1v) is 8.16. The number of nitrogens with zero attached hydrogens (tertiary/aromatic N) is 4. The van der Waals surface area contributed by atoms with Crippen molar-refractivity contribution in [1.82, 2.24) is 19.4 Å². The van der Waals surface area contributed by atoms with E-state index in [-0.39, 0.29) is 11.9 Å². The quantitative estimate of drug-likeness (QED) is 0.939. The highest BCUT2D eigenvalue weighted by atomic mass is 16.2. The molecule has 23 heavy (non-hydrogen) atoms. The number of imidazole rings is 1. The number of piperidine rings is 1. The summed E-state index contributed by atoms with van der Waals surface area (Å²) in [5, 5.41) is 0. The van der Waals surface area contributed by atoms with E-state index in [0.717, 1.165) is 38.2 Å². The second-order valence-electron chi connectivity index (χ2n) is 6.05. The van der Waals surface area contributed by atoms with Crippen LogP contribution < -0.4 is 5.73 Å². The number of likely N-dealkylation sites (tertiary alicyclic amines) is 1. The minimum atomic E-state index is -0.00986. The van der Waals surface area contributed by atoms with Crippen LogP contribution >= 0.6 is 0 Å². The van der Waals surface area contributed by atoms with Gasteiger partial charge in [0, 0.05) is 31.5 Å². The van der Waals surface area contributed by atoms with E-state index in [1.807, 2.05) is 24.2 Å². The molecule has 1 amide bonds. The zero-order valence-electron chi connectivity index (χ0n) is 13.5. The molecule has 0 spiro atoms. The Morgan fingerprint density at radius 2 is 2.26 bits per heavy atom. The van der Waals surface area contributed by atoms with Crippen LogP contribution in [0.2, 0.25) is 0 Å². The third-order valence-corrected chi connectivity index (χ3v) is 4.50. The van der Waals surface area contributed by atoms with Gasteiger partial charge in [-0.1, -0.05) is 6.07 Å². The molecule has 2 aromatic rings. The zero-order chi connectivity index (χ0) is 16.2. The lowest BCUT2D eigenvalue weighted by atomic mass is 9.98. The molecular formula is C17H23N5O. The number of rotatable bonds is 4. The Labute approximate surface area is 136 Å². The van der Waals surface area contributed by atoms with Crippen LogP contribution in [0, 0.1) is 6.92 Å². The first-order valence-electron chi connectivity index (χ1n) is 8.16. The van der Waals surface area contributed by atoms with Crippen molar-refractivity contribution in [3.05, 3.63) is 42.1 Å². The Morgan fingerprint density at radius 1 is 1.39 bits per heavy atom. The molecule has 6 nitrogen and oxygen atoms in total. The van der Waals surface area contributed by atoms with Crippen LogP contribution in [0.5, 0.6) is 0 Å². The van der Waals surface area contributed by atoms with Crippen molar-refractivity contribution in [2.75, 3.05) is 12.3 Å². The highest BCUT2D eigenvalue weighted by molar-refractivity contribution is 5.92. The van der Waals surface area contributed by atoms with E-state index in [4.69, 9.17) is 5.73 Å². The predicted octanol–water partition coefficient (Wildman–Crippen LogP) is 2.25. The lowest BCUT2D eigenvalue weighted by molar-refractivity contribution is 0.0589. The summed E-state index contributed by atoms with van der Waals surface area (Å²) in [6.45, 7) is 3.67. The number of carbonyl (C=O) groups is 1. The van der Waals surface area contributed by atoms with E-state index in [1.165, 1.54) is 6.42 Å². The number of carbonyl (C=O) groups excluding carboxylic acids is 1. The van der Waals surface area contributed by atoms with E-state index in [0.29, 0.717) is 11.5 Å². The average Bonchev–Trinajstić information content (AvgIpc) is 2.97. The normalized spacial score (nSPS) is 18.1. The lowest BCUT2D eigenvalue weighted by Gasteiger charge is -2.35. The zero-order valence-corrected chi connectivity index (χ0v) is 13.5. The Balaban J connectivity index is 1.71. The molecule has 3 rings (SSSR count). The molecule has 1 aliphatic heterocycles. The van der Waals surface area contributed by atoms with Gasteiger partial charge in [0.2, 0.25) is 0 Å². The summed E-state index contributed by atoms with van der Waals surface area (Å²) < 4.78 is 2.13. The van der Waals surface area contributed by atoms with Crippen LogP contribution in [0.1, 0.15) is 42.0 Å². The smallest absolute Gasteiger partial charge is 0.272 e. The van der Waals surface area contributed by atoms with Gasteiger partial charge in [-0.05, 0) is 44.7 Å². The van der Waals surface area contributed by atoms with Crippen LogP contribution in [0.3, 0.4) is 0 Å². The molecule has 6 heteroatoms. The molecule has 1 fully saturated rings. The lowest BCUT2D eigenvalue weighted by Crippen LogP contribution is -2.44. The Kier molecular flexibility index (Phi) is 4.60. The summed E-state index contributed by atoms with van der Waals surface area (Å²) in [7, 11) is 0. The Morgan fingerprint density at radius 3 is 3.00 bits per heavy atom. The summed E-state index contributed by atoms with van der Waals surface area (Å²) in [4.78, 5) is 23.2. The first-order chi connectivity index (χ1) is 11.1. The highest BCUT2D eigenvalue weighted by Gasteiger charge is 2.28. The van der Waals surface area contributed by atoms with Crippen LogP contribution in [0.25, 0.3) is 0 Å². The van der Waals surface area contributed by atoms with Gasteiger partial charge in [0.05, 0.1) is 0 Å². The topological polar surface area (TPSA) is 77.0 Å². The Hall–Kier alpha value is -2.37. The van der Waals surface area contributed by atoms with Gasteiger partial charge >= 0.3 is 0 Å². The maximum absolute atomic E-state index is 12.8. The fourth-order valence-electron chi connectivity index (χ4n) is 3.21. The molecule has 0 bridgehead atoms. The predicted molar refractivity (Wildman–Crippen MR) is 88.9 cm³/mol. The van der Waals surface area contributed by atoms with E-state index >= 15 is 0 Å². The number of nitrogens with two attached hydrogens (primary N) is 1. The molecule has 3 heterocycles. The van der Waals surface area contributed by atoms with E-state index in [1.54, 1.807) is 18.2 Å². The van der Waals surface area contributed by atoms with E-state index in [2.05, 4.69) is 14.5 Å². The van der Waals surface area contributed by atoms with Crippen molar-refractivity contribution in [2.24, 2.45) is 0 Å². The maximum Gasteiger partial charge on any atom is 0.272 e.